The lowest BCUT2D eigenvalue weighted by Gasteiger charge is -2.17. The minimum Gasteiger partial charge on any atom is -0.404 e. The van der Waals surface area contributed by atoms with Crippen LogP contribution in [0.5, 0.6) is 0 Å². The predicted molar refractivity (Wildman–Crippen MR) is 77.2 cm³/mol. The lowest BCUT2D eigenvalue weighted by Crippen LogP contribution is -2.20. The Balaban J connectivity index is 2.21. The number of rotatable bonds is 1. The zero-order valence-corrected chi connectivity index (χ0v) is 10.8. The number of benzene rings is 2. The maximum atomic E-state index is 12.4. The number of carbonyl (C=O) groups excluding carboxylic acids is 1. The van der Waals surface area contributed by atoms with Crippen molar-refractivity contribution >= 4 is 34.5 Å². The smallest absolute Gasteiger partial charge is 0.265 e. The summed E-state index contributed by atoms with van der Waals surface area (Å²) in [6, 6.07) is 14.8. The van der Waals surface area contributed by atoms with Crippen molar-refractivity contribution in [3.63, 3.8) is 0 Å². The quantitative estimate of drug-likeness (QED) is 0.808. The van der Waals surface area contributed by atoms with E-state index in [0.29, 0.717) is 10.6 Å². The molecule has 1 aliphatic heterocycles. The summed E-state index contributed by atoms with van der Waals surface area (Å²) in [5, 5.41) is 0.591. The summed E-state index contributed by atoms with van der Waals surface area (Å²) in [6.07, 6.45) is 1.35. The number of hydrogen-bond donors (Lipinski definition) is 1. The van der Waals surface area contributed by atoms with Crippen molar-refractivity contribution < 1.29 is 4.79 Å². The van der Waals surface area contributed by atoms with Crippen LogP contribution in [-0.2, 0) is 4.79 Å². The molecule has 3 nitrogen and oxygen atoms in total. The molecule has 0 saturated heterocycles. The number of hydrogen-bond acceptors (Lipinski definition) is 2. The Bertz CT molecular complexity index is 694. The van der Waals surface area contributed by atoms with E-state index in [0.717, 1.165) is 16.9 Å². The maximum absolute atomic E-state index is 12.4. The van der Waals surface area contributed by atoms with Crippen LogP contribution in [0.2, 0.25) is 5.02 Å². The van der Waals surface area contributed by atoms with Gasteiger partial charge < -0.3 is 5.73 Å². The van der Waals surface area contributed by atoms with Gasteiger partial charge >= 0.3 is 0 Å². The molecule has 0 aliphatic carbocycles. The highest BCUT2D eigenvalue weighted by molar-refractivity contribution is 6.35. The van der Waals surface area contributed by atoms with Crippen LogP contribution in [-0.4, -0.2) is 5.91 Å². The van der Waals surface area contributed by atoms with Gasteiger partial charge in [-0.15, -0.1) is 0 Å². The van der Waals surface area contributed by atoms with Gasteiger partial charge in [0, 0.05) is 16.8 Å². The first-order valence-electron chi connectivity index (χ1n) is 5.83. The van der Waals surface area contributed by atoms with E-state index >= 15 is 0 Å². The number of halogens is 1. The molecular weight excluding hydrogens is 260 g/mol. The van der Waals surface area contributed by atoms with Gasteiger partial charge in [0.15, 0.2) is 0 Å². The average molecular weight is 271 g/mol. The number of para-hydroxylation sites is 1. The van der Waals surface area contributed by atoms with Crippen LogP contribution in [0, 0.1) is 0 Å². The van der Waals surface area contributed by atoms with Gasteiger partial charge in [0.2, 0.25) is 0 Å². The summed E-state index contributed by atoms with van der Waals surface area (Å²) in [7, 11) is 0. The molecule has 4 heteroatoms. The highest BCUT2D eigenvalue weighted by Gasteiger charge is 2.32. The van der Waals surface area contributed by atoms with Gasteiger partial charge in [-0.3, -0.25) is 9.69 Å². The van der Waals surface area contributed by atoms with Crippen LogP contribution < -0.4 is 10.6 Å². The molecule has 2 aromatic rings. The van der Waals surface area contributed by atoms with Gasteiger partial charge in [-0.2, -0.15) is 0 Å². The molecule has 1 amide bonds. The fraction of sp³-hybridized carbons (Fsp3) is 0. The van der Waals surface area contributed by atoms with Crippen molar-refractivity contribution in [3.8, 4) is 0 Å². The Labute approximate surface area is 115 Å². The molecule has 0 spiro atoms. The molecule has 0 bridgehead atoms. The zero-order valence-electron chi connectivity index (χ0n) is 10.0. The van der Waals surface area contributed by atoms with Crippen molar-refractivity contribution in [2.75, 3.05) is 4.90 Å². The molecule has 1 aliphatic rings. The molecular formula is C15H11ClN2O. The summed E-state index contributed by atoms with van der Waals surface area (Å²) in [6.45, 7) is 0. The predicted octanol–water partition coefficient (Wildman–Crippen LogP) is 3.32. The minimum absolute atomic E-state index is 0.133. The molecule has 3 rings (SSSR count). The van der Waals surface area contributed by atoms with E-state index in [9.17, 15) is 4.79 Å². The van der Waals surface area contributed by atoms with Gasteiger partial charge in [-0.1, -0.05) is 35.9 Å². The number of anilines is 2. The number of fused-ring (bicyclic) bond motifs is 1. The topological polar surface area (TPSA) is 46.3 Å². The first-order chi connectivity index (χ1) is 9.22. The zero-order chi connectivity index (χ0) is 13.4. The van der Waals surface area contributed by atoms with Gasteiger partial charge in [-0.05, 0) is 24.3 Å². The molecule has 0 fully saturated rings. The standard InChI is InChI=1S/C15H11ClN2O/c16-10-4-3-5-11(8-10)18-14-7-2-1-6-12(14)13(9-17)15(18)19/h1-9H,17H2/b13-9-. The van der Waals surface area contributed by atoms with E-state index in [2.05, 4.69) is 0 Å². The summed E-state index contributed by atoms with van der Waals surface area (Å²) in [5.74, 6) is -0.133. The van der Waals surface area contributed by atoms with Crippen LogP contribution in [0.3, 0.4) is 0 Å². The second-order valence-corrected chi connectivity index (χ2v) is 4.65. The third kappa shape index (κ3) is 1.79. The summed E-state index contributed by atoms with van der Waals surface area (Å²) in [4.78, 5) is 14.1. The molecule has 0 aromatic heterocycles. The molecule has 1 heterocycles. The lowest BCUT2D eigenvalue weighted by atomic mass is 10.1. The third-order valence-corrected chi connectivity index (χ3v) is 3.34. The molecule has 0 atom stereocenters. The lowest BCUT2D eigenvalue weighted by molar-refractivity contribution is -0.112. The van der Waals surface area contributed by atoms with E-state index in [4.69, 9.17) is 17.3 Å². The highest BCUT2D eigenvalue weighted by atomic mass is 35.5. The molecule has 2 aromatic carbocycles. The second-order valence-electron chi connectivity index (χ2n) is 4.22. The highest BCUT2D eigenvalue weighted by Crippen LogP contribution is 2.41. The van der Waals surface area contributed by atoms with Gasteiger partial charge in [0.05, 0.1) is 16.9 Å². The van der Waals surface area contributed by atoms with Gasteiger partial charge in [0.25, 0.3) is 5.91 Å². The Hall–Kier alpha value is -2.26. The van der Waals surface area contributed by atoms with Crippen LogP contribution in [0.15, 0.2) is 54.7 Å². The average Bonchev–Trinajstić information content (AvgIpc) is 2.70. The Morgan fingerprint density at radius 1 is 1.11 bits per heavy atom. The minimum atomic E-state index is -0.133. The number of amides is 1. The van der Waals surface area contributed by atoms with Gasteiger partial charge in [-0.25, -0.2) is 0 Å². The van der Waals surface area contributed by atoms with Crippen LogP contribution >= 0.6 is 11.6 Å². The molecule has 0 radical (unpaired) electrons. The second kappa shape index (κ2) is 4.44. The van der Waals surface area contributed by atoms with Crippen LogP contribution in [0.1, 0.15) is 5.56 Å². The van der Waals surface area contributed by atoms with E-state index in [1.165, 1.54) is 6.20 Å². The first kappa shape index (κ1) is 11.8. The normalized spacial score (nSPS) is 15.9. The molecule has 94 valence electrons. The summed E-state index contributed by atoms with van der Waals surface area (Å²) >= 11 is 5.99. The molecule has 0 unspecified atom stereocenters. The summed E-state index contributed by atoms with van der Waals surface area (Å²) < 4.78 is 0. The third-order valence-electron chi connectivity index (χ3n) is 3.10. The number of nitrogens with two attached hydrogens (primary N) is 1. The monoisotopic (exact) mass is 270 g/mol. The van der Waals surface area contributed by atoms with Crippen molar-refractivity contribution in [2.24, 2.45) is 5.73 Å². The van der Waals surface area contributed by atoms with Crippen LogP contribution in [0.25, 0.3) is 5.57 Å². The van der Waals surface area contributed by atoms with Crippen molar-refractivity contribution in [3.05, 3.63) is 65.3 Å². The fourth-order valence-corrected chi connectivity index (χ4v) is 2.46. The largest absolute Gasteiger partial charge is 0.404 e. The SMILES string of the molecule is N/C=C1\C(=O)N(c2cccc(Cl)c2)c2ccccc21. The van der Waals surface area contributed by atoms with Crippen molar-refractivity contribution in [1.29, 1.82) is 0 Å². The summed E-state index contributed by atoms with van der Waals surface area (Å²) in [5.41, 5.74) is 8.49. The molecule has 2 N–H and O–H groups in total. The fourth-order valence-electron chi connectivity index (χ4n) is 2.27. The Morgan fingerprint density at radius 3 is 2.63 bits per heavy atom. The van der Waals surface area contributed by atoms with Gasteiger partial charge in [0.1, 0.15) is 0 Å². The number of nitrogens with zero attached hydrogens (tertiary/aromatic N) is 1. The maximum Gasteiger partial charge on any atom is 0.265 e. The molecule has 19 heavy (non-hydrogen) atoms. The van der Waals surface area contributed by atoms with E-state index in [1.807, 2.05) is 36.4 Å². The Kier molecular flexibility index (Phi) is 2.76. The van der Waals surface area contributed by atoms with E-state index < -0.39 is 0 Å². The van der Waals surface area contributed by atoms with Crippen LogP contribution in [0.4, 0.5) is 11.4 Å². The van der Waals surface area contributed by atoms with E-state index in [1.54, 1.807) is 17.0 Å². The number of carbonyl (C=O) groups is 1. The molecule has 0 saturated carbocycles. The van der Waals surface area contributed by atoms with E-state index in [-0.39, 0.29) is 5.91 Å². The first-order valence-corrected chi connectivity index (χ1v) is 6.21. The Morgan fingerprint density at radius 2 is 1.89 bits per heavy atom. The van der Waals surface area contributed by atoms with Crippen molar-refractivity contribution in [1.82, 2.24) is 0 Å². The van der Waals surface area contributed by atoms with Crippen molar-refractivity contribution in [2.45, 2.75) is 0 Å².